The van der Waals surface area contributed by atoms with Crippen LogP contribution in [0.2, 0.25) is 0 Å². The van der Waals surface area contributed by atoms with Gasteiger partial charge in [-0.25, -0.2) is 4.79 Å². The summed E-state index contributed by atoms with van der Waals surface area (Å²) < 4.78 is 0. The van der Waals surface area contributed by atoms with Gasteiger partial charge in [-0.05, 0) is 25.0 Å². The first-order valence-corrected chi connectivity index (χ1v) is 4.83. The SMILES string of the molecule is CC(C)NC(=O)N1C=C2C=CC=C2C1.Cl. The van der Waals surface area contributed by atoms with Crippen LogP contribution in [-0.4, -0.2) is 23.5 Å². The summed E-state index contributed by atoms with van der Waals surface area (Å²) >= 11 is 0. The highest BCUT2D eigenvalue weighted by Crippen LogP contribution is 2.25. The smallest absolute Gasteiger partial charge is 0.321 e. The predicted molar refractivity (Wildman–Crippen MR) is 62.9 cm³/mol. The van der Waals surface area contributed by atoms with Crippen LogP contribution in [0.15, 0.2) is 35.6 Å². The quantitative estimate of drug-likeness (QED) is 0.731. The Morgan fingerprint density at radius 1 is 1.53 bits per heavy atom. The van der Waals surface area contributed by atoms with Gasteiger partial charge in [0.2, 0.25) is 0 Å². The molecule has 0 unspecified atom stereocenters. The van der Waals surface area contributed by atoms with Gasteiger partial charge in [0.05, 0.1) is 6.54 Å². The molecule has 2 rings (SSSR count). The molecule has 15 heavy (non-hydrogen) atoms. The van der Waals surface area contributed by atoms with Crippen LogP contribution < -0.4 is 5.32 Å². The van der Waals surface area contributed by atoms with Crippen molar-refractivity contribution in [1.82, 2.24) is 10.2 Å². The molecule has 0 fully saturated rings. The van der Waals surface area contributed by atoms with E-state index in [0.29, 0.717) is 6.54 Å². The van der Waals surface area contributed by atoms with E-state index in [1.807, 2.05) is 32.2 Å². The monoisotopic (exact) mass is 226 g/mol. The molecule has 1 N–H and O–H groups in total. The third-order valence-electron chi connectivity index (χ3n) is 2.25. The summed E-state index contributed by atoms with van der Waals surface area (Å²) in [6.07, 6.45) is 7.98. The number of nitrogens with one attached hydrogen (secondary N) is 1. The van der Waals surface area contributed by atoms with E-state index in [2.05, 4.69) is 11.4 Å². The number of urea groups is 1. The molecule has 0 saturated heterocycles. The molecule has 4 heteroatoms. The summed E-state index contributed by atoms with van der Waals surface area (Å²) in [6.45, 7) is 4.61. The number of carbonyl (C=O) groups is 1. The van der Waals surface area contributed by atoms with E-state index in [0.717, 1.165) is 5.57 Å². The highest BCUT2D eigenvalue weighted by molar-refractivity contribution is 5.85. The van der Waals surface area contributed by atoms with Crippen molar-refractivity contribution in [3.05, 3.63) is 35.6 Å². The van der Waals surface area contributed by atoms with Crippen LogP contribution in [0, 0.1) is 0 Å². The molecular weight excluding hydrogens is 212 g/mol. The fourth-order valence-corrected chi connectivity index (χ4v) is 1.60. The number of hydrogen-bond donors (Lipinski definition) is 1. The first-order valence-electron chi connectivity index (χ1n) is 4.83. The lowest BCUT2D eigenvalue weighted by Crippen LogP contribution is -2.39. The lowest BCUT2D eigenvalue weighted by molar-refractivity contribution is 0.217. The molecule has 0 radical (unpaired) electrons. The van der Waals surface area contributed by atoms with Crippen LogP contribution in [0.1, 0.15) is 13.8 Å². The number of nitrogens with zero attached hydrogens (tertiary/aromatic N) is 1. The Morgan fingerprint density at radius 3 is 2.87 bits per heavy atom. The van der Waals surface area contributed by atoms with Gasteiger partial charge in [0, 0.05) is 12.2 Å². The number of carbonyl (C=O) groups excluding carboxylic acids is 1. The Bertz CT molecular complexity index is 356. The summed E-state index contributed by atoms with van der Waals surface area (Å²) in [5.41, 5.74) is 2.38. The molecule has 1 aliphatic carbocycles. The van der Waals surface area contributed by atoms with Gasteiger partial charge in [-0.2, -0.15) is 0 Å². The third kappa shape index (κ3) is 2.42. The van der Waals surface area contributed by atoms with E-state index in [-0.39, 0.29) is 24.5 Å². The van der Waals surface area contributed by atoms with Crippen molar-refractivity contribution in [3.8, 4) is 0 Å². The number of hydrogen-bond acceptors (Lipinski definition) is 1. The second kappa shape index (κ2) is 4.53. The van der Waals surface area contributed by atoms with E-state index in [9.17, 15) is 4.79 Å². The fraction of sp³-hybridized carbons (Fsp3) is 0.364. The molecule has 3 nitrogen and oxygen atoms in total. The van der Waals surface area contributed by atoms with Crippen LogP contribution in [0.25, 0.3) is 0 Å². The van der Waals surface area contributed by atoms with Gasteiger partial charge < -0.3 is 5.32 Å². The van der Waals surface area contributed by atoms with Crippen molar-refractivity contribution in [1.29, 1.82) is 0 Å². The Kier molecular flexibility index (Phi) is 3.58. The van der Waals surface area contributed by atoms with E-state index in [4.69, 9.17) is 0 Å². The molecule has 0 saturated carbocycles. The maximum atomic E-state index is 11.6. The van der Waals surface area contributed by atoms with Crippen molar-refractivity contribution in [3.63, 3.8) is 0 Å². The summed E-state index contributed by atoms with van der Waals surface area (Å²) in [7, 11) is 0. The Hall–Kier alpha value is -1.22. The Balaban J connectivity index is 0.00000112. The summed E-state index contributed by atoms with van der Waals surface area (Å²) in [4.78, 5) is 13.3. The minimum absolute atomic E-state index is 0. The molecule has 1 aliphatic heterocycles. The molecule has 0 spiro atoms. The van der Waals surface area contributed by atoms with Gasteiger partial charge in [0.15, 0.2) is 0 Å². The lowest BCUT2D eigenvalue weighted by atomic mass is 10.2. The largest absolute Gasteiger partial charge is 0.336 e. The normalized spacial score (nSPS) is 17.1. The van der Waals surface area contributed by atoms with Gasteiger partial charge in [0.25, 0.3) is 0 Å². The van der Waals surface area contributed by atoms with Crippen molar-refractivity contribution in [2.75, 3.05) is 6.54 Å². The van der Waals surface area contributed by atoms with Crippen LogP contribution >= 0.6 is 12.4 Å². The summed E-state index contributed by atoms with van der Waals surface area (Å²) in [5.74, 6) is 0. The Labute approximate surface area is 95.9 Å². The highest BCUT2D eigenvalue weighted by atomic mass is 35.5. The zero-order chi connectivity index (χ0) is 10.1. The minimum atomic E-state index is -0.0174. The van der Waals surface area contributed by atoms with Crippen LogP contribution in [0.3, 0.4) is 0 Å². The molecular formula is C11H15ClN2O. The van der Waals surface area contributed by atoms with Crippen LogP contribution in [-0.2, 0) is 0 Å². The zero-order valence-corrected chi connectivity index (χ0v) is 9.67. The lowest BCUT2D eigenvalue weighted by Gasteiger charge is -2.16. The van der Waals surface area contributed by atoms with Gasteiger partial charge in [0.1, 0.15) is 0 Å². The average molecular weight is 227 g/mol. The van der Waals surface area contributed by atoms with Crippen LogP contribution in [0.4, 0.5) is 4.79 Å². The van der Waals surface area contributed by atoms with E-state index < -0.39 is 0 Å². The summed E-state index contributed by atoms with van der Waals surface area (Å²) in [6, 6.07) is 0.169. The molecule has 1 heterocycles. The highest BCUT2D eigenvalue weighted by Gasteiger charge is 2.22. The van der Waals surface area contributed by atoms with Crippen molar-refractivity contribution in [2.24, 2.45) is 0 Å². The second-order valence-electron chi connectivity index (χ2n) is 3.87. The molecule has 0 aromatic carbocycles. The standard InChI is InChI=1S/C11H14N2O.ClH/c1-8(2)12-11(14)13-6-9-4-3-5-10(9)7-13;/h3-6,8H,7H2,1-2H3,(H,12,14);1H. The van der Waals surface area contributed by atoms with Crippen molar-refractivity contribution < 1.29 is 4.79 Å². The maximum absolute atomic E-state index is 11.6. The zero-order valence-electron chi connectivity index (χ0n) is 8.86. The first kappa shape index (κ1) is 11.9. The van der Waals surface area contributed by atoms with Gasteiger partial charge >= 0.3 is 6.03 Å². The average Bonchev–Trinajstić information content (AvgIpc) is 2.58. The fourth-order valence-electron chi connectivity index (χ4n) is 1.60. The van der Waals surface area contributed by atoms with Gasteiger partial charge in [-0.15, -0.1) is 12.4 Å². The topological polar surface area (TPSA) is 32.3 Å². The molecule has 2 amide bonds. The molecule has 0 aromatic heterocycles. The molecule has 0 aromatic rings. The third-order valence-corrected chi connectivity index (χ3v) is 2.25. The molecule has 82 valence electrons. The maximum Gasteiger partial charge on any atom is 0.321 e. The van der Waals surface area contributed by atoms with Gasteiger partial charge in [-0.1, -0.05) is 18.2 Å². The van der Waals surface area contributed by atoms with E-state index in [1.165, 1.54) is 5.57 Å². The number of halogens is 1. The van der Waals surface area contributed by atoms with E-state index in [1.54, 1.807) is 4.90 Å². The predicted octanol–water partition coefficient (Wildman–Crippen LogP) is 2.22. The second-order valence-corrected chi connectivity index (χ2v) is 3.87. The van der Waals surface area contributed by atoms with Crippen molar-refractivity contribution >= 4 is 18.4 Å². The summed E-state index contributed by atoms with van der Waals surface area (Å²) in [5, 5.41) is 2.87. The van der Waals surface area contributed by atoms with Gasteiger partial charge in [-0.3, -0.25) is 4.90 Å². The molecule has 2 aliphatic rings. The Morgan fingerprint density at radius 2 is 2.27 bits per heavy atom. The van der Waals surface area contributed by atoms with Crippen molar-refractivity contribution in [2.45, 2.75) is 19.9 Å². The number of rotatable bonds is 1. The van der Waals surface area contributed by atoms with E-state index >= 15 is 0 Å². The molecule has 0 bridgehead atoms. The number of fused-ring (bicyclic) bond motifs is 1. The van der Waals surface area contributed by atoms with Crippen LogP contribution in [0.5, 0.6) is 0 Å². The molecule has 0 atom stereocenters. The first-order chi connectivity index (χ1) is 6.66. The minimum Gasteiger partial charge on any atom is -0.336 e. The number of allylic oxidation sites excluding steroid dienone is 3. The number of amides is 2.